The van der Waals surface area contributed by atoms with E-state index < -0.39 is 0 Å². The molecule has 0 bridgehead atoms. The molecule has 0 atom stereocenters. The van der Waals surface area contributed by atoms with Gasteiger partial charge in [0.15, 0.2) is 0 Å². The summed E-state index contributed by atoms with van der Waals surface area (Å²) in [7, 11) is 0. The Hall–Kier alpha value is 0.189. The van der Waals surface area contributed by atoms with Crippen molar-refractivity contribution in [2.24, 2.45) is 0 Å². The predicted molar refractivity (Wildman–Crippen MR) is 23.4 cm³/mol. The molecule has 0 amide bonds. The van der Waals surface area contributed by atoms with Gasteiger partial charge in [-0.2, -0.15) is 12.6 Å². The number of hydrogen-bond acceptors (Lipinski definition) is 0. The first-order valence-electron chi connectivity index (χ1n) is 1.53. The van der Waals surface area contributed by atoms with E-state index in [0.29, 0.717) is 0 Å². The second-order valence-electron chi connectivity index (χ2n) is 0.691. The Bertz CT molecular complexity index is 34.5. The molecular weight excluding hydrogens is 254 g/mol. The van der Waals surface area contributed by atoms with Crippen LogP contribution in [0, 0.1) is 6.92 Å². The Kier molecular flexibility index (Phi) is 14.2. The Balaban J connectivity index is 0. The summed E-state index contributed by atoms with van der Waals surface area (Å²) < 4.78 is 0. The van der Waals surface area contributed by atoms with Crippen LogP contribution in [0.3, 0.4) is 0 Å². The van der Waals surface area contributed by atoms with Crippen molar-refractivity contribution in [3.8, 4) is 0 Å². The van der Waals surface area contributed by atoms with Crippen LogP contribution in [0.5, 0.6) is 0 Å². The van der Waals surface area contributed by atoms with Crippen molar-refractivity contribution in [1.82, 2.24) is 0 Å². The molecule has 0 aliphatic heterocycles. The first-order chi connectivity index (χ1) is 2.41. The number of rotatable bonds is 1. The summed E-state index contributed by atoms with van der Waals surface area (Å²) in [6.45, 7) is 3.47. The van der Waals surface area contributed by atoms with Crippen molar-refractivity contribution < 1.29 is 20.1 Å². The van der Waals surface area contributed by atoms with Gasteiger partial charge in [0.05, 0.1) is 0 Å². The quantitative estimate of drug-likeness (QED) is 0.643. The van der Waals surface area contributed by atoms with E-state index in [1.165, 1.54) is 6.20 Å². The first kappa shape index (κ1) is 9.50. The van der Waals surface area contributed by atoms with E-state index in [-0.39, 0.29) is 20.1 Å². The Labute approximate surface area is 52.0 Å². The predicted octanol–water partition coefficient (Wildman–Crippen LogP) is 1.77. The van der Waals surface area contributed by atoms with Gasteiger partial charge in [-0.1, -0.05) is 0 Å². The fraction of sp³-hybridized carbons (Fsp3) is 0.250. The summed E-state index contributed by atoms with van der Waals surface area (Å²) in [5.74, 6) is 0. The van der Waals surface area contributed by atoms with Gasteiger partial charge in [0.1, 0.15) is 0 Å². The Morgan fingerprint density at radius 2 is 2.17 bits per heavy atom. The van der Waals surface area contributed by atoms with Crippen LogP contribution >= 0.6 is 0 Å². The fourth-order valence-electron chi connectivity index (χ4n) is 0.0833. The van der Waals surface area contributed by atoms with E-state index in [4.69, 9.17) is 5.73 Å². The third-order valence-corrected chi connectivity index (χ3v) is 0.285. The molecule has 0 spiro atoms. The van der Waals surface area contributed by atoms with Gasteiger partial charge in [-0.25, -0.2) is 0 Å². The molecule has 0 saturated heterocycles. The summed E-state index contributed by atoms with van der Waals surface area (Å²) in [5, 5.41) is 0. The average Bonchev–Trinajstić information content (AvgIpc) is 1.41. The SMILES string of the molecule is [CH2-]C/C=C\[NH-].[Ir]. The molecule has 39 valence electrons. The summed E-state index contributed by atoms with van der Waals surface area (Å²) in [4.78, 5) is 0. The van der Waals surface area contributed by atoms with Crippen molar-refractivity contribution >= 4 is 0 Å². The number of allylic oxidation sites excluding steroid dienone is 1. The maximum Gasteiger partial charge on any atom is 0 e. The Morgan fingerprint density at radius 1 is 1.67 bits per heavy atom. The van der Waals surface area contributed by atoms with Crippen molar-refractivity contribution in [3.05, 3.63) is 24.9 Å². The molecule has 1 N–H and O–H groups in total. The van der Waals surface area contributed by atoms with Crippen LogP contribution < -0.4 is 0 Å². The molecule has 0 aromatic carbocycles. The molecule has 1 nitrogen and oxygen atoms in total. The standard InChI is InChI=1S/C4H7N.Ir/c1-2-3-4-5;/h3-5H,1-2H2;/q-2;/b4-3-;. The monoisotopic (exact) mass is 262 g/mol. The number of hydrogen-bond donors (Lipinski definition) is 0. The van der Waals surface area contributed by atoms with Gasteiger partial charge in [0.25, 0.3) is 0 Å². The van der Waals surface area contributed by atoms with Gasteiger partial charge in [0, 0.05) is 20.1 Å². The van der Waals surface area contributed by atoms with E-state index in [9.17, 15) is 0 Å². The molecule has 0 saturated carbocycles. The Morgan fingerprint density at radius 3 is 2.17 bits per heavy atom. The topological polar surface area (TPSA) is 23.8 Å². The molecule has 0 rings (SSSR count). The normalized spacial score (nSPS) is 8.17. The molecule has 0 unspecified atom stereocenters. The third-order valence-electron chi connectivity index (χ3n) is 0.285. The van der Waals surface area contributed by atoms with E-state index in [2.05, 4.69) is 6.92 Å². The summed E-state index contributed by atoms with van der Waals surface area (Å²) >= 11 is 0. The maximum absolute atomic E-state index is 6.38. The van der Waals surface area contributed by atoms with E-state index in [1.54, 1.807) is 6.08 Å². The van der Waals surface area contributed by atoms with Crippen molar-refractivity contribution in [3.63, 3.8) is 0 Å². The van der Waals surface area contributed by atoms with Crippen LogP contribution in [-0.2, 0) is 20.1 Å². The molecule has 0 heterocycles. The van der Waals surface area contributed by atoms with Gasteiger partial charge in [-0.3, -0.25) is 0 Å². The average molecular weight is 261 g/mol. The summed E-state index contributed by atoms with van der Waals surface area (Å²) in [6, 6.07) is 0. The molecule has 0 aromatic heterocycles. The van der Waals surface area contributed by atoms with Gasteiger partial charge in [-0.15, -0.1) is 6.08 Å². The summed E-state index contributed by atoms with van der Waals surface area (Å²) in [5.41, 5.74) is 6.38. The molecule has 0 aromatic rings. The van der Waals surface area contributed by atoms with E-state index in [1.807, 2.05) is 0 Å². The van der Waals surface area contributed by atoms with Gasteiger partial charge >= 0.3 is 0 Å². The maximum atomic E-state index is 6.38. The van der Waals surface area contributed by atoms with Crippen molar-refractivity contribution in [1.29, 1.82) is 0 Å². The largest absolute Gasteiger partial charge is 0.705 e. The molecule has 6 heavy (non-hydrogen) atoms. The minimum absolute atomic E-state index is 0. The number of nitrogens with one attached hydrogen (secondary N) is 1. The van der Waals surface area contributed by atoms with Crippen LogP contribution in [0.4, 0.5) is 0 Å². The van der Waals surface area contributed by atoms with Crippen molar-refractivity contribution in [2.45, 2.75) is 6.42 Å². The minimum Gasteiger partial charge on any atom is -0.705 e. The fourth-order valence-corrected chi connectivity index (χ4v) is 0.0833. The van der Waals surface area contributed by atoms with Crippen LogP contribution in [0.1, 0.15) is 6.42 Å². The van der Waals surface area contributed by atoms with Crippen LogP contribution in [-0.4, -0.2) is 0 Å². The minimum atomic E-state index is 0. The van der Waals surface area contributed by atoms with Crippen molar-refractivity contribution in [2.75, 3.05) is 0 Å². The van der Waals surface area contributed by atoms with Gasteiger partial charge in [0.2, 0.25) is 0 Å². The smallest absolute Gasteiger partial charge is 0 e. The first-order valence-corrected chi connectivity index (χ1v) is 1.53. The van der Waals surface area contributed by atoms with Crippen LogP contribution in [0.2, 0.25) is 0 Å². The molecule has 0 aliphatic carbocycles. The van der Waals surface area contributed by atoms with Crippen LogP contribution in [0.25, 0.3) is 5.73 Å². The zero-order valence-corrected chi connectivity index (χ0v) is 5.80. The molecule has 2 heteroatoms. The molecular formula is C4H7IrN-2. The summed E-state index contributed by atoms with van der Waals surface area (Å²) in [6.07, 6.45) is 3.65. The second-order valence-corrected chi connectivity index (χ2v) is 0.691. The molecule has 1 radical (unpaired) electrons. The zero-order valence-electron chi connectivity index (χ0n) is 3.40. The van der Waals surface area contributed by atoms with E-state index >= 15 is 0 Å². The van der Waals surface area contributed by atoms with Crippen LogP contribution in [0.15, 0.2) is 12.3 Å². The molecule has 0 aliphatic rings. The second kappa shape index (κ2) is 8.95. The van der Waals surface area contributed by atoms with E-state index in [0.717, 1.165) is 6.42 Å². The third kappa shape index (κ3) is 8.89. The van der Waals surface area contributed by atoms with Gasteiger partial charge < -0.3 is 12.7 Å². The van der Waals surface area contributed by atoms with Gasteiger partial charge in [-0.05, 0) is 0 Å². The molecule has 0 fully saturated rings. The zero-order chi connectivity index (χ0) is 4.12.